The predicted octanol–water partition coefficient (Wildman–Crippen LogP) is 24.9. The first-order chi connectivity index (χ1) is 55.9. The summed E-state index contributed by atoms with van der Waals surface area (Å²) in [6.07, 6.45) is 43.1. The largest absolute Gasteiger partial charge is 0.497 e. The predicted molar refractivity (Wildman–Crippen MR) is 464 cm³/mol. The number of methoxy groups -OCH3 is 2. The van der Waals surface area contributed by atoms with Crippen LogP contribution in [0.15, 0.2) is 170 Å². The number of rotatable bonds is 70. The van der Waals surface area contributed by atoms with Gasteiger partial charge in [0.15, 0.2) is 6.29 Å². The Morgan fingerprint density at radius 3 is 1.12 bits per heavy atom. The summed E-state index contributed by atoms with van der Waals surface area (Å²) in [4.78, 5) is 18.0. The highest BCUT2D eigenvalue weighted by Crippen LogP contribution is 2.34. The minimum atomic E-state index is -1.04. The van der Waals surface area contributed by atoms with E-state index in [2.05, 4.69) is 91.7 Å². The van der Waals surface area contributed by atoms with Crippen molar-refractivity contribution in [2.45, 2.75) is 360 Å². The van der Waals surface area contributed by atoms with Gasteiger partial charge in [0.05, 0.1) is 79.2 Å². The van der Waals surface area contributed by atoms with Crippen LogP contribution in [0.4, 0.5) is 0 Å². The van der Waals surface area contributed by atoms with Crippen LogP contribution < -0.4 is 14.8 Å². The highest BCUT2D eigenvalue weighted by molar-refractivity contribution is 5.76. The van der Waals surface area contributed by atoms with E-state index in [0.717, 1.165) is 96.4 Å². The van der Waals surface area contributed by atoms with Crippen LogP contribution in [-0.2, 0) is 82.3 Å². The number of amides is 1. The number of nitrogens with one attached hydrogen (secondary N) is 1. The Morgan fingerprint density at radius 1 is 0.363 bits per heavy atom. The number of unbranched alkanes of at least 4 members (excludes halogenated alkanes) is 33. The maximum absolute atomic E-state index is 15.3. The lowest BCUT2D eigenvalue weighted by Crippen LogP contribution is -2.62. The molecule has 113 heavy (non-hydrogen) atoms. The first-order valence-corrected chi connectivity index (χ1v) is 45.2. The van der Waals surface area contributed by atoms with Crippen molar-refractivity contribution in [2.24, 2.45) is 0 Å². The Labute approximate surface area is 686 Å². The summed E-state index contributed by atoms with van der Waals surface area (Å²) in [5.74, 6) is 1.49. The first kappa shape index (κ1) is 94.2. The average molecular weight is 1560 g/mol. The van der Waals surface area contributed by atoms with Crippen LogP contribution in [0.5, 0.6) is 11.5 Å². The van der Waals surface area contributed by atoms with E-state index in [9.17, 15) is 0 Å². The minimum absolute atomic E-state index is 0.0109. The molecule has 1 saturated heterocycles. The van der Waals surface area contributed by atoms with Gasteiger partial charge in [0, 0.05) is 6.42 Å². The third kappa shape index (κ3) is 41.6. The van der Waals surface area contributed by atoms with E-state index >= 15 is 4.79 Å². The molecule has 0 unspecified atom stereocenters. The molecule has 1 heterocycles. The molecule has 8 atom stereocenters. The molecule has 0 aromatic heterocycles. The summed E-state index contributed by atoms with van der Waals surface area (Å²) < 4.78 is 68.9. The van der Waals surface area contributed by atoms with Gasteiger partial charge in [-0.15, -0.1) is 0 Å². The molecule has 1 N–H and O–H groups in total. The minimum Gasteiger partial charge on any atom is -0.497 e. The van der Waals surface area contributed by atoms with Gasteiger partial charge in [0.25, 0.3) is 0 Å². The van der Waals surface area contributed by atoms with Gasteiger partial charge in [0.2, 0.25) is 5.91 Å². The molecule has 1 aliphatic rings. The second-order valence-corrected chi connectivity index (χ2v) is 32.1. The molecular formula is C100H152N2O11. The lowest BCUT2D eigenvalue weighted by molar-refractivity contribution is -0.330. The fraction of sp³-hybridized carbons (Fsp3) is 0.630. The normalized spacial score (nSPS) is 16.5. The second kappa shape index (κ2) is 62.3. The molecule has 13 nitrogen and oxygen atoms in total. The lowest BCUT2D eigenvalue weighted by atomic mass is 9.97. The SMILES string of the molecule is CCCCCCCCCCCCCC[C@@H](OCc1ccc(OC)cc1)[C@@H](OCc1ccc(OC)cc1)[C@H](CO[C@H]1O[C@H](COCc2ccccc2)[C@H](OCc2ccccc2)[C@H](OCc2ccccc2)[C@H]1OCc1ccccc1)NC(=O)CCCCCCCN(CCCCCCCCCCCC)CCCCCCCCCCCC. The molecular weight excluding hydrogens is 1410 g/mol. The topological polar surface area (TPSA) is 125 Å². The van der Waals surface area contributed by atoms with Crippen molar-refractivity contribution in [3.05, 3.63) is 203 Å². The van der Waals surface area contributed by atoms with E-state index in [4.69, 9.17) is 47.4 Å². The Balaban J connectivity index is 1.16. The number of benzene rings is 6. The highest BCUT2D eigenvalue weighted by atomic mass is 16.7. The van der Waals surface area contributed by atoms with Crippen molar-refractivity contribution in [1.82, 2.24) is 10.2 Å². The number of hydrogen-bond acceptors (Lipinski definition) is 12. The molecule has 0 radical (unpaired) electrons. The van der Waals surface area contributed by atoms with Gasteiger partial charge in [-0.25, -0.2) is 0 Å². The zero-order valence-electron chi connectivity index (χ0n) is 71.1. The average Bonchev–Trinajstić information content (AvgIpc) is 0.785. The van der Waals surface area contributed by atoms with Gasteiger partial charge in [-0.3, -0.25) is 4.79 Å². The van der Waals surface area contributed by atoms with E-state index in [-0.39, 0.29) is 38.9 Å². The molecule has 13 heteroatoms. The Bertz CT molecular complexity index is 3140. The fourth-order valence-electron chi connectivity index (χ4n) is 15.6. The number of carbonyl (C=O) groups excluding carboxylic acids is 1. The zero-order valence-corrected chi connectivity index (χ0v) is 71.1. The Morgan fingerprint density at radius 2 is 0.708 bits per heavy atom. The summed E-state index contributed by atoms with van der Waals surface area (Å²) in [5, 5.41) is 3.61. The van der Waals surface area contributed by atoms with Crippen LogP contribution in [0.2, 0.25) is 0 Å². The third-order valence-corrected chi connectivity index (χ3v) is 22.5. The van der Waals surface area contributed by atoms with E-state index in [0.29, 0.717) is 32.7 Å². The molecule has 0 spiro atoms. The third-order valence-electron chi connectivity index (χ3n) is 22.5. The van der Waals surface area contributed by atoms with Crippen LogP contribution in [0.1, 0.15) is 305 Å². The second-order valence-electron chi connectivity index (χ2n) is 32.1. The van der Waals surface area contributed by atoms with Gasteiger partial charge in [-0.05, 0) is 109 Å². The van der Waals surface area contributed by atoms with Crippen molar-refractivity contribution in [2.75, 3.05) is 47.1 Å². The molecule has 1 aliphatic heterocycles. The van der Waals surface area contributed by atoms with Crippen LogP contribution in [0.25, 0.3) is 0 Å². The van der Waals surface area contributed by atoms with E-state index < -0.39 is 49.0 Å². The molecule has 0 bridgehead atoms. The molecule has 7 rings (SSSR count). The first-order valence-electron chi connectivity index (χ1n) is 45.2. The highest BCUT2D eigenvalue weighted by Gasteiger charge is 2.50. The zero-order chi connectivity index (χ0) is 79.3. The summed E-state index contributed by atoms with van der Waals surface area (Å²) in [5.41, 5.74) is 6.00. The molecule has 0 aliphatic carbocycles. The van der Waals surface area contributed by atoms with Crippen molar-refractivity contribution in [3.8, 4) is 11.5 Å². The summed E-state index contributed by atoms with van der Waals surface area (Å²) in [6.45, 7) is 12.4. The molecule has 6 aromatic carbocycles. The molecule has 6 aromatic rings. The van der Waals surface area contributed by atoms with E-state index in [1.807, 2.05) is 109 Å². The summed E-state index contributed by atoms with van der Waals surface area (Å²) in [7, 11) is 3.38. The molecule has 0 saturated carbocycles. The lowest BCUT2D eigenvalue weighted by Gasteiger charge is -2.46. The molecule has 628 valence electrons. The van der Waals surface area contributed by atoms with Gasteiger partial charge in [-0.2, -0.15) is 0 Å². The van der Waals surface area contributed by atoms with Crippen molar-refractivity contribution < 1.29 is 52.2 Å². The van der Waals surface area contributed by atoms with Crippen LogP contribution in [-0.4, -0.2) is 107 Å². The number of hydrogen-bond donors (Lipinski definition) is 1. The smallest absolute Gasteiger partial charge is 0.220 e. The maximum Gasteiger partial charge on any atom is 0.220 e. The fourth-order valence-corrected chi connectivity index (χ4v) is 15.6. The standard InChI is InChI=1S/C100H152N2O11/c1-6-9-12-15-18-21-24-25-26-29-33-50-63-93(107-77-88-65-69-90(104-4)70-66-88)96(108-81-89-67-71-91(105-5)72-68-89)92(101-95(103)64-51-34-32-37-54-75-102(73-52-35-30-27-22-19-16-13-10-7-2)74-53-36-31-28-23-20-17-14-11-8-3)82-112-100-99(111-80-87-61-48-41-49-62-87)98(110-79-86-59-46-40-47-60-86)97(109-78-85-57-44-39-45-58-85)94(113-100)83-106-76-84-55-42-38-43-56-84/h38-49,55-62,65-72,92-94,96-100H,6-37,50-54,63-64,73-83H2,1-5H3,(H,101,103)/t92-,93+,94+,96-,97-,98-,99+,100-/m0/s1. The van der Waals surface area contributed by atoms with E-state index in [1.54, 1.807) is 14.2 Å². The van der Waals surface area contributed by atoms with Gasteiger partial charge in [0.1, 0.15) is 42.0 Å². The van der Waals surface area contributed by atoms with Gasteiger partial charge < -0.3 is 57.6 Å². The number of nitrogens with zero attached hydrogens (tertiary/aromatic N) is 1. The summed E-state index contributed by atoms with van der Waals surface area (Å²) >= 11 is 0. The van der Waals surface area contributed by atoms with Crippen LogP contribution >= 0.6 is 0 Å². The maximum atomic E-state index is 15.3. The quantitative estimate of drug-likeness (QED) is 0.0366. The van der Waals surface area contributed by atoms with Crippen molar-refractivity contribution >= 4 is 5.91 Å². The van der Waals surface area contributed by atoms with E-state index in [1.165, 1.54) is 206 Å². The van der Waals surface area contributed by atoms with Crippen molar-refractivity contribution in [3.63, 3.8) is 0 Å². The van der Waals surface area contributed by atoms with Gasteiger partial charge in [-0.1, -0.05) is 378 Å². The molecule has 1 fully saturated rings. The molecule has 1 amide bonds. The van der Waals surface area contributed by atoms with Gasteiger partial charge >= 0.3 is 0 Å². The summed E-state index contributed by atoms with van der Waals surface area (Å²) in [6, 6.07) is 56.2. The number of carbonyl (C=O) groups is 1. The monoisotopic (exact) mass is 1560 g/mol. The Kier molecular flexibility index (Phi) is 51.9. The Hall–Kier alpha value is -5.97. The van der Waals surface area contributed by atoms with Crippen LogP contribution in [0, 0.1) is 0 Å². The van der Waals surface area contributed by atoms with Crippen molar-refractivity contribution in [1.29, 1.82) is 0 Å². The number of ether oxygens (including phenoxy) is 10. The van der Waals surface area contributed by atoms with Crippen LogP contribution in [0.3, 0.4) is 0 Å².